The number of nitrogens with zero attached hydrogens (tertiary/aromatic N) is 2. The first-order valence-electron chi connectivity index (χ1n) is 7.87. The molecule has 0 bridgehead atoms. The standard InChI is InChI=1S/C17H25N3O2S/c1-6-12(2)15-7-9-16(10-8-15)13(3)19-23(21,22)17-11-18-20(5)14(17)4/h7-13,19H,6H2,1-5H3. The Kier molecular flexibility index (Phi) is 5.26. The minimum absolute atomic E-state index is 0.225. The van der Waals surface area contributed by atoms with Gasteiger partial charge in [-0.2, -0.15) is 5.10 Å². The summed E-state index contributed by atoms with van der Waals surface area (Å²) in [5, 5.41) is 4.00. The lowest BCUT2D eigenvalue weighted by atomic mass is 9.96. The van der Waals surface area contributed by atoms with Gasteiger partial charge in [0.25, 0.3) is 0 Å². The molecule has 126 valence electrons. The average Bonchev–Trinajstić information content (AvgIpc) is 2.86. The third-order valence-corrected chi connectivity index (χ3v) is 6.07. The van der Waals surface area contributed by atoms with Gasteiger partial charge in [-0.15, -0.1) is 0 Å². The first kappa shape index (κ1) is 17.7. The van der Waals surface area contributed by atoms with Crippen molar-refractivity contribution in [1.29, 1.82) is 0 Å². The molecule has 1 aromatic carbocycles. The highest BCUT2D eigenvalue weighted by Crippen LogP contribution is 2.23. The number of hydrogen-bond acceptors (Lipinski definition) is 3. The van der Waals surface area contributed by atoms with Crippen molar-refractivity contribution >= 4 is 10.0 Å². The highest BCUT2D eigenvalue weighted by atomic mass is 32.2. The normalized spacial score (nSPS) is 14.7. The predicted molar refractivity (Wildman–Crippen MR) is 91.8 cm³/mol. The van der Waals surface area contributed by atoms with Gasteiger partial charge < -0.3 is 0 Å². The van der Waals surface area contributed by atoms with Crippen LogP contribution in [0.3, 0.4) is 0 Å². The highest BCUT2D eigenvalue weighted by Gasteiger charge is 2.22. The van der Waals surface area contributed by atoms with Crippen LogP contribution in [0.5, 0.6) is 0 Å². The Balaban J connectivity index is 2.18. The molecule has 0 amide bonds. The third-order valence-electron chi connectivity index (χ3n) is 4.43. The zero-order chi connectivity index (χ0) is 17.2. The zero-order valence-electron chi connectivity index (χ0n) is 14.4. The van der Waals surface area contributed by atoms with E-state index in [4.69, 9.17) is 0 Å². The Morgan fingerprint density at radius 2 is 1.74 bits per heavy atom. The van der Waals surface area contributed by atoms with Gasteiger partial charge in [-0.3, -0.25) is 4.68 Å². The van der Waals surface area contributed by atoms with E-state index in [1.807, 2.05) is 19.1 Å². The molecule has 0 radical (unpaired) electrons. The molecule has 2 aromatic rings. The van der Waals surface area contributed by atoms with E-state index < -0.39 is 10.0 Å². The summed E-state index contributed by atoms with van der Waals surface area (Å²) in [5.41, 5.74) is 2.84. The van der Waals surface area contributed by atoms with Crippen molar-refractivity contribution in [2.45, 2.75) is 51.0 Å². The van der Waals surface area contributed by atoms with Gasteiger partial charge in [0.15, 0.2) is 0 Å². The van der Waals surface area contributed by atoms with E-state index in [9.17, 15) is 8.42 Å². The van der Waals surface area contributed by atoms with Gasteiger partial charge in [-0.1, -0.05) is 38.1 Å². The fraction of sp³-hybridized carbons (Fsp3) is 0.471. The van der Waals surface area contributed by atoms with E-state index in [1.165, 1.54) is 11.8 Å². The van der Waals surface area contributed by atoms with Crippen LogP contribution in [-0.4, -0.2) is 18.2 Å². The lowest BCUT2D eigenvalue weighted by molar-refractivity contribution is 0.566. The molecule has 0 saturated carbocycles. The lowest BCUT2D eigenvalue weighted by Gasteiger charge is -2.16. The van der Waals surface area contributed by atoms with Crippen LogP contribution in [-0.2, 0) is 17.1 Å². The van der Waals surface area contributed by atoms with Crippen molar-refractivity contribution in [3.63, 3.8) is 0 Å². The molecule has 0 aliphatic heterocycles. The van der Waals surface area contributed by atoms with E-state index in [0.29, 0.717) is 11.6 Å². The van der Waals surface area contributed by atoms with Crippen LogP contribution in [0.2, 0.25) is 0 Å². The molecule has 0 aliphatic carbocycles. The second-order valence-corrected chi connectivity index (χ2v) is 7.72. The molecule has 2 unspecified atom stereocenters. The molecule has 1 heterocycles. The van der Waals surface area contributed by atoms with Gasteiger partial charge in [0.05, 0.1) is 11.9 Å². The molecule has 0 spiro atoms. The summed E-state index contributed by atoms with van der Waals surface area (Å²) < 4.78 is 29.3. The number of nitrogens with one attached hydrogen (secondary N) is 1. The summed E-state index contributed by atoms with van der Waals surface area (Å²) in [6.45, 7) is 7.94. The average molecular weight is 335 g/mol. The zero-order valence-corrected chi connectivity index (χ0v) is 15.2. The predicted octanol–water partition coefficient (Wildman–Crippen LogP) is 3.28. The summed E-state index contributed by atoms with van der Waals surface area (Å²) in [4.78, 5) is 0.225. The van der Waals surface area contributed by atoms with Gasteiger partial charge in [-0.05, 0) is 37.3 Å². The van der Waals surface area contributed by atoms with Gasteiger partial charge in [0.2, 0.25) is 10.0 Å². The molecule has 0 aliphatic rings. The first-order chi connectivity index (χ1) is 10.8. The Morgan fingerprint density at radius 1 is 1.17 bits per heavy atom. The third kappa shape index (κ3) is 3.82. The molecule has 0 fully saturated rings. The Hall–Kier alpha value is -1.66. The maximum Gasteiger partial charge on any atom is 0.244 e. The van der Waals surface area contributed by atoms with Crippen molar-refractivity contribution in [3.05, 3.63) is 47.3 Å². The SMILES string of the molecule is CCC(C)c1ccc(C(C)NS(=O)(=O)c2cnn(C)c2C)cc1. The van der Waals surface area contributed by atoms with Gasteiger partial charge in [0.1, 0.15) is 4.90 Å². The van der Waals surface area contributed by atoms with Crippen LogP contribution in [0.25, 0.3) is 0 Å². The highest BCUT2D eigenvalue weighted by molar-refractivity contribution is 7.89. The number of aryl methyl sites for hydroxylation is 1. The van der Waals surface area contributed by atoms with Crippen molar-refractivity contribution < 1.29 is 8.42 Å². The van der Waals surface area contributed by atoms with Crippen LogP contribution in [0.1, 0.15) is 56.0 Å². The molecular formula is C17H25N3O2S. The number of sulfonamides is 1. The summed E-state index contributed by atoms with van der Waals surface area (Å²) in [6, 6.07) is 7.83. The molecule has 1 aromatic heterocycles. The summed E-state index contributed by atoms with van der Waals surface area (Å²) in [5.74, 6) is 0.508. The van der Waals surface area contributed by atoms with Crippen molar-refractivity contribution in [1.82, 2.24) is 14.5 Å². The number of hydrogen-bond donors (Lipinski definition) is 1. The monoisotopic (exact) mass is 335 g/mol. The molecular weight excluding hydrogens is 310 g/mol. The lowest BCUT2D eigenvalue weighted by Crippen LogP contribution is -2.27. The smallest absolute Gasteiger partial charge is 0.244 e. The summed E-state index contributed by atoms with van der Waals surface area (Å²) >= 11 is 0. The number of rotatable bonds is 6. The Bertz CT molecular complexity index is 764. The van der Waals surface area contributed by atoms with E-state index in [-0.39, 0.29) is 10.9 Å². The van der Waals surface area contributed by atoms with Crippen molar-refractivity contribution in [3.8, 4) is 0 Å². The summed E-state index contributed by atoms with van der Waals surface area (Å²) in [7, 11) is -1.85. The quantitative estimate of drug-likeness (QED) is 0.881. The second-order valence-electron chi connectivity index (χ2n) is 6.04. The van der Waals surface area contributed by atoms with Gasteiger partial charge in [0, 0.05) is 13.1 Å². The number of aromatic nitrogens is 2. The van der Waals surface area contributed by atoms with E-state index in [2.05, 4.69) is 35.8 Å². The maximum atomic E-state index is 12.5. The molecule has 2 rings (SSSR count). The molecule has 0 saturated heterocycles. The second kappa shape index (κ2) is 6.84. The molecule has 23 heavy (non-hydrogen) atoms. The number of benzene rings is 1. The fourth-order valence-corrected chi connectivity index (χ4v) is 3.89. The van der Waals surface area contributed by atoms with Crippen molar-refractivity contribution in [2.24, 2.45) is 7.05 Å². The minimum atomic E-state index is -3.58. The maximum absolute atomic E-state index is 12.5. The van der Waals surface area contributed by atoms with Crippen LogP contribution >= 0.6 is 0 Å². The van der Waals surface area contributed by atoms with Crippen LogP contribution < -0.4 is 4.72 Å². The van der Waals surface area contributed by atoms with Crippen LogP contribution in [0.15, 0.2) is 35.4 Å². The molecule has 2 atom stereocenters. The fourth-order valence-electron chi connectivity index (χ4n) is 2.46. The van der Waals surface area contributed by atoms with E-state index in [0.717, 1.165) is 12.0 Å². The topological polar surface area (TPSA) is 64.0 Å². The Labute approximate surface area is 138 Å². The molecule has 5 nitrogen and oxygen atoms in total. The Morgan fingerprint density at radius 3 is 2.22 bits per heavy atom. The first-order valence-corrected chi connectivity index (χ1v) is 9.35. The molecule has 1 N–H and O–H groups in total. The molecule has 6 heteroatoms. The van der Waals surface area contributed by atoms with Crippen LogP contribution in [0.4, 0.5) is 0 Å². The van der Waals surface area contributed by atoms with E-state index >= 15 is 0 Å². The van der Waals surface area contributed by atoms with Gasteiger partial charge in [-0.25, -0.2) is 13.1 Å². The summed E-state index contributed by atoms with van der Waals surface area (Å²) in [6.07, 6.45) is 2.47. The van der Waals surface area contributed by atoms with Crippen molar-refractivity contribution in [2.75, 3.05) is 0 Å². The van der Waals surface area contributed by atoms with E-state index in [1.54, 1.807) is 18.7 Å². The minimum Gasteiger partial charge on any atom is -0.272 e. The van der Waals surface area contributed by atoms with Gasteiger partial charge >= 0.3 is 0 Å². The van der Waals surface area contributed by atoms with Crippen LogP contribution in [0, 0.1) is 6.92 Å². The largest absolute Gasteiger partial charge is 0.272 e.